The van der Waals surface area contributed by atoms with Gasteiger partial charge in [-0.05, 0) is 35.6 Å². The first-order valence-electron chi connectivity index (χ1n) is 10.1. The van der Waals surface area contributed by atoms with E-state index in [9.17, 15) is 4.39 Å². The fourth-order valence-electron chi connectivity index (χ4n) is 4.78. The van der Waals surface area contributed by atoms with Crippen LogP contribution in [0.15, 0.2) is 30.5 Å². The monoisotopic (exact) mass is 392 g/mol. The van der Waals surface area contributed by atoms with Crippen molar-refractivity contribution in [3.8, 4) is 0 Å². The molecule has 29 heavy (non-hydrogen) atoms. The lowest BCUT2D eigenvalue weighted by atomic mass is 9.78. The third-order valence-corrected chi connectivity index (χ3v) is 5.89. The second-order valence-corrected chi connectivity index (χ2v) is 9.79. The minimum absolute atomic E-state index is 0.0117. The molecule has 0 amide bonds. The fraction of sp³-hybridized carbons (Fsp3) is 0.417. The number of hydrogen-bond donors (Lipinski definition) is 1. The Bertz CT molecular complexity index is 1220. The number of benzene rings is 2. The third-order valence-electron chi connectivity index (χ3n) is 5.89. The molecule has 0 bridgehead atoms. The summed E-state index contributed by atoms with van der Waals surface area (Å²) in [6.07, 6.45) is 2.37. The molecule has 0 saturated heterocycles. The number of hydrogen-bond acceptors (Lipinski definition) is 2. The van der Waals surface area contributed by atoms with Crippen molar-refractivity contribution in [2.24, 2.45) is 7.05 Å². The molecule has 1 N–H and O–H groups in total. The molecular weight excluding hydrogens is 363 g/mol. The highest BCUT2D eigenvalue weighted by Crippen LogP contribution is 2.38. The highest BCUT2D eigenvalue weighted by atomic mass is 19.1. The van der Waals surface area contributed by atoms with Crippen LogP contribution in [0, 0.1) is 12.7 Å². The van der Waals surface area contributed by atoms with Gasteiger partial charge < -0.3 is 0 Å². The largest absolute Gasteiger partial charge is 0.277 e. The zero-order valence-electron chi connectivity index (χ0n) is 18.3. The van der Waals surface area contributed by atoms with Gasteiger partial charge in [0.2, 0.25) is 0 Å². The maximum Gasteiger partial charge on any atom is 0.129 e. The molecule has 0 unspecified atom stereocenters. The summed E-state index contributed by atoms with van der Waals surface area (Å²) in [7, 11) is 2.00. The summed E-state index contributed by atoms with van der Waals surface area (Å²) in [6, 6.07) is 7.64. The summed E-state index contributed by atoms with van der Waals surface area (Å²) in [5, 5.41) is 14.0. The second kappa shape index (κ2) is 6.41. The summed E-state index contributed by atoms with van der Waals surface area (Å²) >= 11 is 0. The Morgan fingerprint density at radius 3 is 2.45 bits per heavy atom. The maximum atomic E-state index is 14.9. The number of aryl methyl sites for hydroxylation is 2. The van der Waals surface area contributed by atoms with E-state index in [-0.39, 0.29) is 11.2 Å². The van der Waals surface area contributed by atoms with Crippen molar-refractivity contribution in [3.63, 3.8) is 0 Å². The number of aromatic amines is 1. The minimum Gasteiger partial charge on any atom is -0.277 e. The van der Waals surface area contributed by atoms with E-state index in [0.29, 0.717) is 12.0 Å². The number of nitrogens with zero attached hydrogens (tertiary/aromatic N) is 3. The number of aromatic nitrogens is 4. The second-order valence-electron chi connectivity index (χ2n) is 9.79. The third kappa shape index (κ3) is 3.13. The normalized spacial score (nSPS) is 13.0. The molecule has 0 aliphatic heterocycles. The average Bonchev–Trinajstić information content (AvgIpc) is 3.18. The van der Waals surface area contributed by atoms with E-state index in [2.05, 4.69) is 63.9 Å². The molecule has 2 aromatic heterocycles. The Morgan fingerprint density at radius 1 is 1.03 bits per heavy atom. The Hall–Kier alpha value is -2.69. The van der Waals surface area contributed by atoms with Gasteiger partial charge in [-0.15, -0.1) is 0 Å². The van der Waals surface area contributed by atoms with Gasteiger partial charge in [0.1, 0.15) is 5.82 Å². The van der Waals surface area contributed by atoms with E-state index in [0.717, 1.165) is 22.0 Å². The maximum absolute atomic E-state index is 14.9. The highest BCUT2D eigenvalue weighted by Gasteiger charge is 2.31. The van der Waals surface area contributed by atoms with Crippen molar-refractivity contribution in [2.45, 2.75) is 58.8 Å². The lowest BCUT2D eigenvalue weighted by Crippen LogP contribution is -2.23. The first kappa shape index (κ1) is 19.6. The van der Waals surface area contributed by atoms with E-state index < -0.39 is 5.41 Å². The van der Waals surface area contributed by atoms with Crippen LogP contribution in [0.5, 0.6) is 0 Å². The van der Waals surface area contributed by atoms with Gasteiger partial charge >= 0.3 is 0 Å². The van der Waals surface area contributed by atoms with Crippen LogP contribution in [0.1, 0.15) is 57.0 Å². The van der Waals surface area contributed by atoms with Crippen molar-refractivity contribution < 1.29 is 4.39 Å². The van der Waals surface area contributed by atoms with Crippen LogP contribution < -0.4 is 0 Å². The molecular formula is C24H29FN4. The van der Waals surface area contributed by atoms with Crippen LogP contribution in [0.4, 0.5) is 4.39 Å². The first-order chi connectivity index (χ1) is 13.5. The molecule has 0 aliphatic carbocycles. The van der Waals surface area contributed by atoms with Gasteiger partial charge in [0.15, 0.2) is 0 Å². The molecule has 4 aromatic rings. The van der Waals surface area contributed by atoms with Crippen LogP contribution in [-0.4, -0.2) is 20.0 Å². The number of nitrogens with one attached hydrogen (secondary N) is 1. The zero-order chi connectivity index (χ0) is 21.1. The SMILES string of the molecule is Cc1ccc2c(CC(C)(C)c3c(F)ccc4cn[nH]c34)nn(C)c2c1C(C)(C)C. The molecule has 0 atom stereocenters. The van der Waals surface area contributed by atoms with Crippen molar-refractivity contribution in [1.82, 2.24) is 20.0 Å². The van der Waals surface area contributed by atoms with Crippen LogP contribution in [0.25, 0.3) is 21.8 Å². The molecule has 4 nitrogen and oxygen atoms in total. The predicted octanol–water partition coefficient (Wildman–Crippen LogP) is 5.71. The van der Waals surface area contributed by atoms with Crippen LogP contribution in [-0.2, 0) is 24.3 Å². The first-order valence-corrected chi connectivity index (χ1v) is 10.1. The lowest BCUT2D eigenvalue weighted by Gasteiger charge is -2.26. The summed E-state index contributed by atoms with van der Waals surface area (Å²) in [5.74, 6) is -0.210. The number of fused-ring (bicyclic) bond motifs is 2. The van der Waals surface area contributed by atoms with Gasteiger partial charge in [0.25, 0.3) is 0 Å². The van der Waals surface area contributed by atoms with Crippen molar-refractivity contribution in [2.75, 3.05) is 0 Å². The van der Waals surface area contributed by atoms with E-state index >= 15 is 0 Å². The number of rotatable bonds is 3. The molecule has 2 aromatic carbocycles. The minimum atomic E-state index is -0.454. The molecule has 0 aliphatic rings. The predicted molar refractivity (Wildman–Crippen MR) is 117 cm³/mol. The molecule has 5 heteroatoms. The van der Waals surface area contributed by atoms with Crippen LogP contribution in [0.2, 0.25) is 0 Å². The summed E-state index contributed by atoms with van der Waals surface area (Å²) in [6.45, 7) is 13.0. The average molecular weight is 393 g/mol. The summed E-state index contributed by atoms with van der Waals surface area (Å²) in [5.41, 5.74) is 5.73. The molecule has 0 saturated carbocycles. The number of H-pyrrole nitrogens is 1. The Kier molecular flexibility index (Phi) is 4.34. The summed E-state index contributed by atoms with van der Waals surface area (Å²) in [4.78, 5) is 0. The Morgan fingerprint density at radius 2 is 1.76 bits per heavy atom. The van der Waals surface area contributed by atoms with Gasteiger partial charge in [-0.1, -0.05) is 46.8 Å². The zero-order valence-corrected chi connectivity index (χ0v) is 18.3. The smallest absolute Gasteiger partial charge is 0.129 e. The van der Waals surface area contributed by atoms with Gasteiger partial charge in [-0.25, -0.2) is 4.39 Å². The molecule has 0 radical (unpaired) electrons. The standard InChI is InChI=1S/C24H29FN4/c1-14-8-10-16-18(28-29(7)22(16)19(14)23(2,3)4)12-24(5,6)20-17(25)11-9-15-13-26-27-21(15)20/h8-11,13H,12H2,1-7H3,(H,26,27). The van der Waals surface area contributed by atoms with Crippen molar-refractivity contribution in [1.29, 1.82) is 0 Å². The van der Waals surface area contributed by atoms with Gasteiger partial charge in [0, 0.05) is 35.2 Å². The van der Waals surface area contributed by atoms with Crippen molar-refractivity contribution >= 4 is 21.8 Å². The highest BCUT2D eigenvalue weighted by molar-refractivity contribution is 5.87. The lowest BCUT2D eigenvalue weighted by molar-refractivity contribution is 0.479. The fourth-order valence-corrected chi connectivity index (χ4v) is 4.78. The molecule has 4 rings (SSSR count). The van der Waals surface area contributed by atoms with Gasteiger partial charge in [-0.2, -0.15) is 10.2 Å². The Balaban J connectivity index is 1.88. The topological polar surface area (TPSA) is 46.5 Å². The van der Waals surface area contributed by atoms with Gasteiger partial charge in [-0.3, -0.25) is 9.78 Å². The molecule has 2 heterocycles. The van der Waals surface area contributed by atoms with Crippen LogP contribution in [0.3, 0.4) is 0 Å². The van der Waals surface area contributed by atoms with E-state index in [1.54, 1.807) is 12.3 Å². The quantitative estimate of drug-likeness (QED) is 0.485. The summed E-state index contributed by atoms with van der Waals surface area (Å²) < 4.78 is 16.9. The van der Waals surface area contributed by atoms with E-state index in [1.807, 2.05) is 11.7 Å². The molecule has 152 valence electrons. The van der Waals surface area contributed by atoms with E-state index in [1.165, 1.54) is 22.7 Å². The Labute approximate surface area is 171 Å². The van der Waals surface area contributed by atoms with Crippen molar-refractivity contribution in [3.05, 3.63) is 58.7 Å². The molecule has 0 spiro atoms. The molecule has 0 fully saturated rings. The van der Waals surface area contributed by atoms with Crippen LogP contribution >= 0.6 is 0 Å². The number of halogens is 1. The van der Waals surface area contributed by atoms with Gasteiger partial charge in [0.05, 0.1) is 22.9 Å². The van der Waals surface area contributed by atoms with E-state index in [4.69, 9.17) is 5.10 Å².